The van der Waals surface area contributed by atoms with E-state index >= 15 is 0 Å². The molecule has 0 amide bonds. The lowest BCUT2D eigenvalue weighted by molar-refractivity contribution is 0.331. The molecular weight excluding hydrogens is 252 g/mol. The summed E-state index contributed by atoms with van der Waals surface area (Å²) in [4.78, 5) is 11.0. The zero-order valence-corrected chi connectivity index (χ0v) is 11.5. The first-order valence-corrected chi connectivity index (χ1v) is 6.89. The number of anilines is 2. The van der Waals surface area contributed by atoms with Gasteiger partial charge in [-0.15, -0.1) is 0 Å². The highest BCUT2D eigenvalue weighted by molar-refractivity contribution is 5.46. The second-order valence-electron chi connectivity index (χ2n) is 4.65. The molecule has 2 aromatic rings. The molecule has 0 saturated heterocycles. The Morgan fingerprint density at radius 3 is 3.10 bits per heavy atom. The summed E-state index contributed by atoms with van der Waals surface area (Å²) in [6.07, 6.45) is 1.79. The molecule has 0 radical (unpaired) electrons. The van der Waals surface area contributed by atoms with Crippen molar-refractivity contribution in [3.05, 3.63) is 42.1 Å². The number of rotatable bonds is 3. The van der Waals surface area contributed by atoms with E-state index in [0.29, 0.717) is 12.6 Å². The van der Waals surface area contributed by atoms with Crippen LogP contribution in [0.5, 0.6) is 5.75 Å². The van der Waals surface area contributed by atoms with Crippen LogP contribution in [-0.4, -0.2) is 29.7 Å². The molecule has 20 heavy (non-hydrogen) atoms. The number of hydrogen-bond acceptors (Lipinski definition) is 5. The van der Waals surface area contributed by atoms with Crippen LogP contribution >= 0.6 is 0 Å². The fourth-order valence-electron chi connectivity index (χ4n) is 2.29. The molecule has 0 bridgehead atoms. The summed E-state index contributed by atoms with van der Waals surface area (Å²) in [5.74, 6) is 2.57. The normalized spacial score (nSPS) is 14.2. The van der Waals surface area contributed by atoms with Gasteiger partial charge >= 0.3 is 0 Å². The van der Waals surface area contributed by atoms with E-state index in [2.05, 4.69) is 26.3 Å². The van der Waals surface area contributed by atoms with Gasteiger partial charge in [0, 0.05) is 24.8 Å². The third kappa shape index (κ3) is 2.66. The molecule has 0 saturated carbocycles. The Labute approximate surface area is 118 Å². The van der Waals surface area contributed by atoms with Crippen LogP contribution in [0.3, 0.4) is 0 Å². The van der Waals surface area contributed by atoms with Gasteiger partial charge in [0.15, 0.2) is 0 Å². The number of ether oxygens (including phenoxy) is 1. The van der Waals surface area contributed by atoms with Crippen molar-refractivity contribution in [1.82, 2.24) is 9.97 Å². The minimum atomic E-state index is 0.664. The van der Waals surface area contributed by atoms with Gasteiger partial charge in [-0.2, -0.15) is 4.98 Å². The maximum atomic E-state index is 5.78. The van der Waals surface area contributed by atoms with Crippen LogP contribution in [0.1, 0.15) is 12.5 Å². The molecule has 104 valence electrons. The Balaban J connectivity index is 1.85. The molecule has 2 heterocycles. The second kappa shape index (κ2) is 5.77. The number of nitrogens with zero attached hydrogens (tertiary/aromatic N) is 3. The van der Waals surface area contributed by atoms with E-state index in [1.54, 1.807) is 6.20 Å². The maximum Gasteiger partial charge on any atom is 0.224 e. The Hall–Kier alpha value is -2.30. The summed E-state index contributed by atoms with van der Waals surface area (Å²) < 4.78 is 5.78. The molecular formula is C15H18N4O. The van der Waals surface area contributed by atoms with E-state index < -0.39 is 0 Å². The Bertz CT molecular complexity index is 588. The molecule has 0 spiro atoms. The van der Waals surface area contributed by atoms with Crippen molar-refractivity contribution >= 4 is 11.8 Å². The predicted molar refractivity (Wildman–Crippen MR) is 79.2 cm³/mol. The molecule has 1 aromatic carbocycles. The molecule has 0 fully saturated rings. The summed E-state index contributed by atoms with van der Waals surface area (Å²) in [5, 5.41) is 3.14. The molecule has 3 rings (SSSR count). The van der Waals surface area contributed by atoms with E-state index in [1.807, 2.05) is 31.2 Å². The van der Waals surface area contributed by atoms with E-state index in [1.165, 1.54) is 5.56 Å². The first-order valence-electron chi connectivity index (χ1n) is 6.89. The molecule has 1 aliphatic rings. The van der Waals surface area contributed by atoms with Gasteiger partial charge in [0.25, 0.3) is 0 Å². The van der Waals surface area contributed by atoms with Gasteiger partial charge in [0.2, 0.25) is 5.95 Å². The van der Waals surface area contributed by atoms with Crippen molar-refractivity contribution in [2.45, 2.75) is 13.5 Å². The van der Waals surface area contributed by atoms with Gasteiger partial charge in [-0.3, -0.25) is 0 Å². The summed E-state index contributed by atoms with van der Waals surface area (Å²) in [5.41, 5.74) is 1.19. The Morgan fingerprint density at radius 2 is 2.20 bits per heavy atom. The molecule has 1 N–H and O–H groups in total. The monoisotopic (exact) mass is 270 g/mol. The zero-order chi connectivity index (χ0) is 13.8. The maximum absolute atomic E-state index is 5.78. The number of hydrogen-bond donors (Lipinski definition) is 1. The second-order valence-corrected chi connectivity index (χ2v) is 4.65. The smallest absolute Gasteiger partial charge is 0.224 e. The fourth-order valence-corrected chi connectivity index (χ4v) is 2.29. The van der Waals surface area contributed by atoms with Crippen molar-refractivity contribution in [2.24, 2.45) is 0 Å². The molecule has 0 aliphatic carbocycles. The lowest BCUT2D eigenvalue weighted by Gasteiger charge is -2.21. The van der Waals surface area contributed by atoms with E-state index in [0.717, 1.165) is 31.2 Å². The summed E-state index contributed by atoms with van der Waals surface area (Å²) in [6, 6.07) is 10.1. The average Bonchev–Trinajstić information content (AvgIpc) is 2.70. The number of para-hydroxylation sites is 1. The van der Waals surface area contributed by atoms with Crippen molar-refractivity contribution in [2.75, 3.05) is 29.9 Å². The zero-order valence-electron chi connectivity index (χ0n) is 11.5. The van der Waals surface area contributed by atoms with Gasteiger partial charge in [0.05, 0.1) is 6.54 Å². The summed E-state index contributed by atoms with van der Waals surface area (Å²) in [7, 11) is 0. The van der Waals surface area contributed by atoms with Crippen molar-refractivity contribution in [1.29, 1.82) is 0 Å². The highest BCUT2D eigenvalue weighted by Crippen LogP contribution is 2.25. The number of fused-ring (bicyclic) bond motifs is 1. The third-order valence-corrected chi connectivity index (χ3v) is 3.25. The van der Waals surface area contributed by atoms with Gasteiger partial charge in [-0.05, 0) is 19.1 Å². The molecule has 5 heteroatoms. The van der Waals surface area contributed by atoms with E-state index in [4.69, 9.17) is 4.74 Å². The van der Waals surface area contributed by atoms with Crippen molar-refractivity contribution in [3.63, 3.8) is 0 Å². The van der Waals surface area contributed by atoms with Gasteiger partial charge in [0.1, 0.15) is 18.2 Å². The summed E-state index contributed by atoms with van der Waals surface area (Å²) in [6.45, 7) is 5.13. The highest BCUT2D eigenvalue weighted by atomic mass is 16.5. The van der Waals surface area contributed by atoms with Crippen molar-refractivity contribution < 1.29 is 4.74 Å². The number of aromatic nitrogens is 2. The molecule has 0 atom stereocenters. The van der Waals surface area contributed by atoms with Crippen LogP contribution < -0.4 is 15.0 Å². The largest absolute Gasteiger partial charge is 0.491 e. The average molecular weight is 270 g/mol. The van der Waals surface area contributed by atoms with Gasteiger partial charge < -0.3 is 15.0 Å². The van der Waals surface area contributed by atoms with E-state index in [9.17, 15) is 0 Å². The first-order chi connectivity index (χ1) is 9.86. The van der Waals surface area contributed by atoms with E-state index in [-0.39, 0.29) is 0 Å². The topological polar surface area (TPSA) is 50.3 Å². The lowest BCUT2D eigenvalue weighted by Crippen LogP contribution is -2.26. The first kappa shape index (κ1) is 12.7. The molecule has 5 nitrogen and oxygen atoms in total. The van der Waals surface area contributed by atoms with Crippen LogP contribution in [0.25, 0.3) is 0 Å². The molecule has 1 aliphatic heterocycles. The standard InChI is InChI=1S/C15H18N4O/c1-2-16-15-17-8-7-14(18-15)19-9-10-20-13-6-4-3-5-12(13)11-19/h3-8H,2,9-11H2,1H3,(H,16,17,18). The SMILES string of the molecule is CCNc1nccc(N2CCOc3ccccc3C2)n1. The van der Waals surface area contributed by atoms with Gasteiger partial charge in [-0.1, -0.05) is 18.2 Å². The predicted octanol–water partition coefficient (Wildman–Crippen LogP) is 2.31. The van der Waals surface area contributed by atoms with Crippen LogP contribution in [-0.2, 0) is 6.54 Å². The number of nitrogens with one attached hydrogen (secondary N) is 1. The Kier molecular flexibility index (Phi) is 3.67. The number of benzene rings is 1. The van der Waals surface area contributed by atoms with Crippen molar-refractivity contribution in [3.8, 4) is 5.75 Å². The molecule has 0 unspecified atom stereocenters. The molecule has 1 aromatic heterocycles. The minimum Gasteiger partial charge on any atom is -0.491 e. The fraction of sp³-hybridized carbons (Fsp3) is 0.333. The van der Waals surface area contributed by atoms with Crippen LogP contribution in [0.15, 0.2) is 36.5 Å². The van der Waals surface area contributed by atoms with Crippen LogP contribution in [0.4, 0.5) is 11.8 Å². The minimum absolute atomic E-state index is 0.664. The lowest BCUT2D eigenvalue weighted by atomic mass is 10.2. The quantitative estimate of drug-likeness (QED) is 0.927. The van der Waals surface area contributed by atoms with Gasteiger partial charge in [-0.25, -0.2) is 4.98 Å². The Morgan fingerprint density at radius 1 is 1.30 bits per heavy atom. The highest BCUT2D eigenvalue weighted by Gasteiger charge is 2.16. The summed E-state index contributed by atoms with van der Waals surface area (Å²) >= 11 is 0. The van der Waals surface area contributed by atoms with Crippen LogP contribution in [0.2, 0.25) is 0 Å². The van der Waals surface area contributed by atoms with Crippen LogP contribution in [0, 0.1) is 0 Å². The third-order valence-electron chi connectivity index (χ3n) is 3.25.